The average molecular weight is 354 g/mol. The van der Waals surface area contributed by atoms with Crippen molar-refractivity contribution in [1.29, 1.82) is 0 Å². The standard InChI is InChI=1S/C20H20ClN3O/c1-15-5-2-3-7-19(15)23-20(25)22-13-18-6-4-12-24(18)14-16-8-10-17(21)11-9-16/h2-12H,13-14H2,1H3,(H2,22,23,25). The second-order valence-corrected chi connectivity index (χ2v) is 6.31. The quantitative estimate of drug-likeness (QED) is 0.678. The lowest BCUT2D eigenvalue weighted by atomic mass is 10.2. The van der Waals surface area contributed by atoms with Crippen LogP contribution in [0.25, 0.3) is 0 Å². The van der Waals surface area contributed by atoms with Gasteiger partial charge in [0.1, 0.15) is 0 Å². The van der Waals surface area contributed by atoms with E-state index >= 15 is 0 Å². The number of aromatic nitrogens is 1. The Morgan fingerprint density at radius 1 is 1.04 bits per heavy atom. The van der Waals surface area contributed by atoms with E-state index in [4.69, 9.17) is 11.6 Å². The summed E-state index contributed by atoms with van der Waals surface area (Å²) in [5.74, 6) is 0. The summed E-state index contributed by atoms with van der Waals surface area (Å²) in [7, 11) is 0. The van der Waals surface area contributed by atoms with E-state index in [0.29, 0.717) is 6.54 Å². The van der Waals surface area contributed by atoms with E-state index in [9.17, 15) is 4.79 Å². The number of nitrogens with one attached hydrogen (secondary N) is 2. The van der Waals surface area contributed by atoms with E-state index < -0.39 is 0 Å². The van der Waals surface area contributed by atoms with Crippen molar-refractivity contribution in [3.05, 3.63) is 88.7 Å². The molecule has 25 heavy (non-hydrogen) atoms. The summed E-state index contributed by atoms with van der Waals surface area (Å²) >= 11 is 5.93. The van der Waals surface area contributed by atoms with Crippen molar-refractivity contribution in [2.45, 2.75) is 20.0 Å². The maximum atomic E-state index is 12.1. The Bertz CT molecular complexity index is 855. The molecule has 0 fully saturated rings. The van der Waals surface area contributed by atoms with Crippen LogP contribution in [0.3, 0.4) is 0 Å². The topological polar surface area (TPSA) is 46.1 Å². The number of benzene rings is 2. The van der Waals surface area contributed by atoms with Crippen molar-refractivity contribution in [1.82, 2.24) is 9.88 Å². The van der Waals surface area contributed by atoms with Crippen LogP contribution < -0.4 is 10.6 Å². The number of anilines is 1. The molecule has 0 radical (unpaired) electrons. The molecule has 5 heteroatoms. The third-order valence-electron chi connectivity index (χ3n) is 4.01. The molecule has 0 unspecified atom stereocenters. The Labute approximate surface area is 152 Å². The number of carbonyl (C=O) groups is 1. The molecule has 4 nitrogen and oxygen atoms in total. The first-order valence-electron chi connectivity index (χ1n) is 8.11. The van der Waals surface area contributed by atoms with Gasteiger partial charge in [-0.05, 0) is 48.4 Å². The van der Waals surface area contributed by atoms with Crippen molar-refractivity contribution >= 4 is 23.3 Å². The SMILES string of the molecule is Cc1ccccc1NC(=O)NCc1cccn1Cc1ccc(Cl)cc1. The molecule has 0 spiro atoms. The lowest BCUT2D eigenvalue weighted by molar-refractivity contribution is 0.251. The predicted molar refractivity (Wildman–Crippen MR) is 102 cm³/mol. The van der Waals surface area contributed by atoms with Gasteiger partial charge in [-0.2, -0.15) is 0 Å². The van der Waals surface area contributed by atoms with Crippen molar-refractivity contribution < 1.29 is 4.79 Å². The normalized spacial score (nSPS) is 10.5. The molecule has 0 aliphatic carbocycles. The molecule has 1 heterocycles. The Morgan fingerprint density at radius 2 is 1.80 bits per heavy atom. The fourth-order valence-corrected chi connectivity index (χ4v) is 2.73. The van der Waals surface area contributed by atoms with Gasteiger partial charge in [0, 0.05) is 29.1 Å². The minimum atomic E-state index is -0.214. The summed E-state index contributed by atoms with van der Waals surface area (Å²) in [6.45, 7) is 3.16. The van der Waals surface area contributed by atoms with Gasteiger partial charge in [0.15, 0.2) is 0 Å². The number of amides is 2. The maximum absolute atomic E-state index is 12.1. The molecule has 0 aliphatic rings. The van der Waals surface area contributed by atoms with E-state index in [1.165, 1.54) is 0 Å². The van der Waals surface area contributed by atoms with Crippen LogP contribution >= 0.6 is 11.6 Å². The highest BCUT2D eigenvalue weighted by atomic mass is 35.5. The molecule has 3 aromatic rings. The number of nitrogens with zero attached hydrogens (tertiary/aromatic N) is 1. The minimum absolute atomic E-state index is 0.214. The highest BCUT2D eigenvalue weighted by Crippen LogP contribution is 2.14. The van der Waals surface area contributed by atoms with Gasteiger partial charge < -0.3 is 15.2 Å². The summed E-state index contributed by atoms with van der Waals surface area (Å²) in [6, 6.07) is 19.2. The summed E-state index contributed by atoms with van der Waals surface area (Å²) < 4.78 is 2.11. The predicted octanol–water partition coefficient (Wildman–Crippen LogP) is 4.82. The zero-order valence-electron chi connectivity index (χ0n) is 14.0. The third kappa shape index (κ3) is 4.64. The number of carbonyl (C=O) groups excluding carboxylic acids is 1. The van der Waals surface area contributed by atoms with E-state index in [1.807, 2.05) is 73.8 Å². The van der Waals surface area contributed by atoms with E-state index in [-0.39, 0.29) is 6.03 Å². The van der Waals surface area contributed by atoms with Crippen molar-refractivity contribution in [2.24, 2.45) is 0 Å². The summed E-state index contributed by atoms with van der Waals surface area (Å²) in [5.41, 5.74) is 4.04. The number of hydrogen-bond acceptors (Lipinski definition) is 1. The van der Waals surface area contributed by atoms with Crippen LogP contribution in [0.15, 0.2) is 66.9 Å². The molecule has 0 aliphatic heterocycles. The van der Waals surface area contributed by atoms with Gasteiger partial charge in [0.2, 0.25) is 0 Å². The largest absolute Gasteiger partial charge is 0.345 e. The van der Waals surface area contributed by atoms with Crippen molar-refractivity contribution in [2.75, 3.05) is 5.32 Å². The molecule has 2 amide bonds. The highest BCUT2D eigenvalue weighted by Gasteiger charge is 2.06. The van der Waals surface area contributed by atoms with Gasteiger partial charge in [-0.3, -0.25) is 0 Å². The Balaban J connectivity index is 1.59. The first kappa shape index (κ1) is 17.1. The number of rotatable bonds is 5. The smallest absolute Gasteiger partial charge is 0.319 e. The summed E-state index contributed by atoms with van der Waals surface area (Å²) in [4.78, 5) is 12.1. The molecule has 2 N–H and O–H groups in total. The molecule has 2 aromatic carbocycles. The summed E-state index contributed by atoms with van der Waals surface area (Å²) in [5, 5.41) is 6.51. The maximum Gasteiger partial charge on any atom is 0.319 e. The van der Waals surface area contributed by atoms with Crippen LogP contribution in [-0.2, 0) is 13.1 Å². The third-order valence-corrected chi connectivity index (χ3v) is 4.27. The van der Waals surface area contributed by atoms with Gasteiger partial charge in [0.25, 0.3) is 0 Å². The summed E-state index contributed by atoms with van der Waals surface area (Å²) in [6.07, 6.45) is 2.00. The molecule has 0 bridgehead atoms. The molecule has 128 valence electrons. The monoisotopic (exact) mass is 353 g/mol. The van der Waals surface area contributed by atoms with Gasteiger partial charge >= 0.3 is 6.03 Å². The lowest BCUT2D eigenvalue weighted by Gasteiger charge is -2.12. The highest BCUT2D eigenvalue weighted by molar-refractivity contribution is 6.30. The van der Waals surface area contributed by atoms with E-state index in [0.717, 1.165) is 34.1 Å². The number of aryl methyl sites for hydroxylation is 1. The second-order valence-electron chi connectivity index (χ2n) is 5.88. The van der Waals surface area contributed by atoms with Gasteiger partial charge in [0.05, 0.1) is 6.54 Å². The first-order chi connectivity index (χ1) is 12.1. The fourth-order valence-electron chi connectivity index (χ4n) is 2.60. The second kappa shape index (κ2) is 7.90. The molecule has 0 saturated carbocycles. The minimum Gasteiger partial charge on any atom is -0.345 e. The van der Waals surface area contributed by atoms with Gasteiger partial charge in [-0.15, -0.1) is 0 Å². The lowest BCUT2D eigenvalue weighted by Crippen LogP contribution is -2.29. The van der Waals surface area contributed by atoms with Crippen LogP contribution in [-0.4, -0.2) is 10.6 Å². The fraction of sp³-hybridized carbons (Fsp3) is 0.150. The molecule has 0 atom stereocenters. The number of para-hydroxylation sites is 1. The Kier molecular flexibility index (Phi) is 5.41. The van der Waals surface area contributed by atoms with Gasteiger partial charge in [-0.25, -0.2) is 4.79 Å². The Hall–Kier alpha value is -2.72. The van der Waals surface area contributed by atoms with Crippen molar-refractivity contribution in [3.63, 3.8) is 0 Å². The number of halogens is 1. The first-order valence-corrected chi connectivity index (χ1v) is 8.48. The van der Waals surface area contributed by atoms with Crippen molar-refractivity contribution in [3.8, 4) is 0 Å². The van der Waals surface area contributed by atoms with Crippen LogP contribution in [0.2, 0.25) is 5.02 Å². The zero-order chi connectivity index (χ0) is 17.6. The molecule has 3 rings (SSSR count). The zero-order valence-corrected chi connectivity index (χ0v) is 14.8. The van der Waals surface area contributed by atoms with E-state index in [1.54, 1.807) is 0 Å². The van der Waals surface area contributed by atoms with Crippen LogP contribution in [0.1, 0.15) is 16.8 Å². The average Bonchev–Trinajstić information content (AvgIpc) is 3.04. The van der Waals surface area contributed by atoms with Gasteiger partial charge in [-0.1, -0.05) is 41.9 Å². The molecule has 1 aromatic heterocycles. The molecule has 0 saturated heterocycles. The van der Waals surface area contributed by atoms with E-state index in [2.05, 4.69) is 15.2 Å². The number of hydrogen-bond donors (Lipinski definition) is 2. The molecular weight excluding hydrogens is 334 g/mol. The van der Waals surface area contributed by atoms with Crippen LogP contribution in [0.5, 0.6) is 0 Å². The Morgan fingerprint density at radius 3 is 2.56 bits per heavy atom. The number of urea groups is 1. The van der Waals surface area contributed by atoms with Crippen LogP contribution in [0, 0.1) is 6.92 Å². The molecular formula is C20H20ClN3O. The van der Waals surface area contributed by atoms with Crippen LogP contribution in [0.4, 0.5) is 10.5 Å².